The summed E-state index contributed by atoms with van der Waals surface area (Å²) in [6, 6.07) is 16.2. The molecule has 1 aromatic heterocycles. The minimum absolute atomic E-state index is 0.0513. The number of fused-ring (bicyclic) bond motifs is 1. The number of carbonyl (C=O) groups excluding carboxylic acids is 1. The molecular weight excluding hydrogens is 356 g/mol. The Kier molecular flexibility index (Phi) is 4.93. The highest BCUT2D eigenvalue weighted by Gasteiger charge is 2.19. The lowest BCUT2D eigenvalue weighted by Crippen LogP contribution is -2.16. The molecule has 6 nitrogen and oxygen atoms in total. The summed E-state index contributed by atoms with van der Waals surface area (Å²) in [6.45, 7) is 3.02. The smallest absolute Gasteiger partial charge is 0.251 e. The Balaban J connectivity index is 1.55. The first-order chi connectivity index (χ1) is 13.6. The number of carbonyl (C=O) groups is 1. The Morgan fingerprint density at radius 1 is 1.07 bits per heavy atom. The predicted molar refractivity (Wildman–Crippen MR) is 105 cm³/mol. The van der Waals surface area contributed by atoms with Gasteiger partial charge in [0.05, 0.1) is 0 Å². The largest absolute Gasteiger partial charge is 0.486 e. The van der Waals surface area contributed by atoms with Gasteiger partial charge in [-0.1, -0.05) is 43.3 Å². The van der Waals surface area contributed by atoms with Crippen LogP contribution in [0.4, 0.5) is 0 Å². The number of hydrogen-bond acceptors (Lipinski definition) is 5. The van der Waals surface area contributed by atoms with Gasteiger partial charge >= 0.3 is 0 Å². The van der Waals surface area contributed by atoms with Crippen LogP contribution in [-0.4, -0.2) is 29.0 Å². The van der Waals surface area contributed by atoms with Crippen LogP contribution in [0, 0.1) is 0 Å². The zero-order valence-electron chi connectivity index (χ0n) is 15.5. The summed E-state index contributed by atoms with van der Waals surface area (Å²) in [4.78, 5) is 31.9. The molecule has 0 saturated carbocycles. The van der Waals surface area contributed by atoms with E-state index in [-0.39, 0.29) is 29.4 Å². The Hall–Kier alpha value is -3.41. The number of ether oxygens (including phenoxy) is 2. The fraction of sp³-hybridized carbons (Fsp3) is 0.227. The van der Waals surface area contributed by atoms with Gasteiger partial charge in [0, 0.05) is 18.1 Å². The van der Waals surface area contributed by atoms with Crippen molar-refractivity contribution in [2.75, 3.05) is 13.2 Å². The molecule has 0 fully saturated rings. The molecule has 0 spiro atoms. The van der Waals surface area contributed by atoms with Crippen molar-refractivity contribution in [3.63, 3.8) is 0 Å². The van der Waals surface area contributed by atoms with Gasteiger partial charge < -0.3 is 14.5 Å². The van der Waals surface area contributed by atoms with Gasteiger partial charge in [0.15, 0.2) is 17.3 Å². The van der Waals surface area contributed by atoms with Crippen LogP contribution < -0.4 is 15.0 Å². The summed E-state index contributed by atoms with van der Waals surface area (Å²) < 4.78 is 11.2. The molecule has 1 atom stereocenters. The van der Waals surface area contributed by atoms with Crippen molar-refractivity contribution in [1.82, 2.24) is 9.97 Å². The second-order valence-electron chi connectivity index (χ2n) is 6.78. The van der Waals surface area contributed by atoms with E-state index >= 15 is 0 Å². The highest BCUT2D eigenvalue weighted by Crippen LogP contribution is 2.34. The molecule has 2 heterocycles. The molecule has 1 unspecified atom stereocenters. The van der Waals surface area contributed by atoms with Crippen molar-refractivity contribution in [1.29, 1.82) is 0 Å². The molecule has 3 aromatic rings. The maximum absolute atomic E-state index is 12.8. The normalized spacial score (nSPS) is 13.8. The van der Waals surface area contributed by atoms with Crippen molar-refractivity contribution >= 4 is 5.78 Å². The number of rotatable bonds is 5. The maximum atomic E-state index is 12.8. The van der Waals surface area contributed by atoms with Gasteiger partial charge in [-0.2, -0.15) is 0 Å². The van der Waals surface area contributed by atoms with E-state index in [1.165, 1.54) is 6.07 Å². The lowest BCUT2D eigenvalue weighted by molar-refractivity contribution is 0.0970. The zero-order valence-corrected chi connectivity index (χ0v) is 15.5. The molecule has 2 aromatic carbocycles. The minimum atomic E-state index is -0.343. The Bertz CT molecular complexity index is 1060. The summed E-state index contributed by atoms with van der Waals surface area (Å²) in [7, 11) is 0. The van der Waals surface area contributed by atoms with E-state index in [9.17, 15) is 9.59 Å². The first-order valence-corrected chi connectivity index (χ1v) is 9.19. The second-order valence-corrected chi connectivity index (χ2v) is 6.78. The highest BCUT2D eigenvalue weighted by atomic mass is 16.6. The highest BCUT2D eigenvalue weighted by molar-refractivity contribution is 5.95. The summed E-state index contributed by atoms with van der Waals surface area (Å²) in [5, 5.41) is 0. The summed E-state index contributed by atoms with van der Waals surface area (Å²) in [6.07, 6.45) is 0.240. The third kappa shape index (κ3) is 3.81. The number of nitrogens with one attached hydrogen (secondary N) is 1. The van der Waals surface area contributed by atoms with Crippen LogP contribution >= 0.6 is 0 Å². The number of H-pyrrole nitrogens is 1. The van der Waals surface area contributed by atoms with Crippen LogP contribution in [0.1, 0.15) is 35.3 Å². The van der Waals surface area contributed by atoms with Crippen LogP contribution in [0.2, 0.25) is 0 Å². The second kappa shape index (κ2) is 7.68. The van der Waals surface area contributed by atoms with Crippen LogP contribution in [0.25, 0.3) is 11.4 Å². The van der Waals surface area contributed by atoms with E-state index in [2.05, 4.69) is 9.97 Å². The summed E-state index contributed by atoms with van der Waals surface area (Å²) in [5.41, 5.74) is 1.57. The Morgan fingerprint density at radius 3 is 2.61 bits per heavy atom. The average Bonchev–Trinajstić information content (AvgIpc) is 2.73. The fourth-order valence-corrected chi connectivity index (χ4v) is 3.20. The summed E-state index contributed by atoms with van der Waals surface area (Å²) in [5.74, 6) is 1.58. The van der Waals surface area contributed by atoms with Gasteiger partial charge in [-0.25, -0.2) is 4.98 Å². The van der Waals surface area contributed by atoms with Crippen LogP contribution in [0.3, 0.4) is 0 Å². The fourth-order valence-electron chi connectivity index (χ4n) is 3.20. The van der Waals surface area contributed by atoms with E-state index in [1.807, 2.05) is 55.5 Å². The molecule has 1 aliphatic rings. The van der Waals surface area contributed by atoms with Gasteiger partial charge in [-0.15, -0.1) is 0 Å². The number of benzene rings is 2. The van der Waals surface area contributed by atoms with E-state index < -0.39 is 0 Å². The summed E-state index contributed by atoms with van der Waals surface area (Å²) >= 11 is 0. The van der Waals surface area contributed by atoms with Crippen molar-refractivity contribution in [2.24, 2.45) is 0 Å². The van der Waals surface area contributed by atoms with E-state index in [4.69, 9.17) is 9.47 Å². The zero-order chi connectivity index (χ0) is 19.5. The van der Waals surface area contributed by atoms with Crippen molar-refractivity contribution < 1.29 is 14.3 Å². The molecule has 1 N–H and O–H groups in total. The predicted octanol–water partition coefficient (Wildman–Crippen LogP) is 3.58. The topological polar surface area (TPSA) is 81.3 Å². The molecule has 142 valence electrons. The van der Waals surface area contributed by atoms with Crippen molar-refractivity contribution in [3.05, 3.63) is 76.2 Å². The van der Waals surface area contributed by atoms with E-state index in [0.29, 0.717) is 24.8 Å². The number of nitrogens with zero attached hydrogens (tertiary/aromatic N) is 1. The van der Waals surface area contributed by atoms with E-state index in [0.717, 1.165) is 16.9 Å². The van der Waals surface area contributed by atoms with Gasteiger partial charge in [0.1, 0.15) is 24.7 Å². The first-order valence-electron chi connectivity index (χ1n) is 9.19. The Labute approximate surface area is 162 Å². The quantitative estimate of drug-likeness (QED) is 0.688. The monoisotopic (exact) mass is 376 g/mol. The molecule has 1 aliphatic heterocycles. The molecule has 4 rings (SSSR count). The van der Waals surface area contributed by atoms with Crippen LogP contribution in [0.5, 0.6) is 11.5 Å². The lowest BCUT2D eigenvalue weighted by atomic mass is 9.94. The number of ketones is 1. The minimum Gasteiger partial charge on any atom is -0.486 e. The third-order valence-electron chi connectivity index (χ3n) is 4.70. The number of Topliss-reactive ketones (excluding diaryl/α,β-unsaturated/α-hetero) is 1. The number of aromatic nitrogens is 2. The standard InChI is InChI=1S/C22H20N2O4/c1-14(16-7-8-19-20(12-16)28-10-9-27-19)11-18(25)17-13-21(26)24-22(23-17)15-5-3-2-4-6-15/h2-8,12-14H,9-11H2,1H3,(H,23,24,26). The van der Waals surface area contributed by atoms with Gasteiger partial charge in [-0.05, 0) is 23.6 Å². The van der Waals surface area contributed by atoms with Gasteiger partial charge in [-0.3, -0.25) is 9.59 Å². The number of hydrogen-bond donors (Lipinski definition) is 1. The first kappa shape index (κ1) is 18.0. The average molecular weight is 376 g/mol. The van der Waals surface area contributed by atoms with Gasteiger partial charge in [0.2, 0.25) is 0 Å². The molecule has 0 bridgehead atoms. The van der Waals surface area contributed by atoms with Crippen molar-refractivity contribution in [2.45, 2.75) is 19.3 Å². The molecular formula is C22H20N2O4. The molecule has 0 saturated heterocycles. The third-order valence-corrected chi connectivity index (χ3v) is 4.70. The van der Waals surface area contributed by atoms with Gasteiger partial charge in [0.25, 0.3) is 5.56 Å². The molecule has 6 heteroatoms. The van der Waals surface area contributed by atoms with E-state index in [1.54, 1.807) is 0 Å². The molecule has 0 radical (unpaired) electrons. The maximum Gasteiger partial charge on any atom is 0.251 e. The molecule has 28 heavy (non-hydrogen) atoms. The SMILES string of the molecule is CC(CC(=O)c1cc(=O)[nH]c(-c2ccccc2)n1)c1ccc2c(c1)OCCO2. The van der Waals surface area contributed by atoms with Crippen molar-refractivity contribution in [3.8, 4) is 22.9 Å². The molecule has 0 aliphatic carbocycles. The number of aromatic amines is 1. The van der Waals surface area contributed by atoms with Crippen LogP contribution in [-0.2, 0) is 0 Å². The Morgan fingerprint density at radius 2 is 1.82 bits per heavy atom. The molecule has 0 amide bonds. The van der Waals surface area contributed by atoms with Crippen LogP contribution in [0.15, 0.2) is 59.4 Å². The lowest BCUT2D eigenvalue weighted by Gasteiger charge is -2.20.